The van der Waals surface area contributed by atoms with Gasteiger partial charge in [0.25, 0.3) is 0 Å². The van der Waals surface area contributed by atoms with Crippen LogP contribution in [0.15, 0.2) is 48.5 Å². The first kappa shape index (κ1) is 19.2. The van der Waals surface area contributed by atoms with Crippen LogP contribution in [-0.2, 0) is 22.7 Å². The molecule has 2 rings (SSSR count). The Balaban J connectivity index is 1.94. The number of benzene rings is 2. The summed E-state index contributed by atoms with van der Waals surface area (Å²) in [7, 11) is 0. The number of hydrogen-bond acceptors (Lipinski definition) is 3. The number of hydrogen-bond donors (Lipinski definition) is 2. The lowest BCUT2D eigenvalue weighted by Crippen LogP contribution is -2.18. The summed E-state index contributed by atoms with van der Waals surface area (Å²) in [4.78, 5) is 11.2. The average Bonchev–Trinajstić information content (AvgIpc) is 2.58. The lowest BCUT2D eigenvalue weighted by atomic mass is 10.1. The Bertz CT molecular complexity index is 698. The van der Waals surface area contributed by atoms with Crippen molar-refractivity contribution in [3.63, 3.8) is 0 Å². The molecule has 134 valence electrons. The van der Waals surface area contributed by atoms with Crippen molar-refractivity contribution in [2.45, 2.75) is 53.0 Å². The average molecular weight is 340 g/mol. The molecule has 0 aliphatic carbocycles. The Morgan fingerprint density at radius 1 is 1.04 bits per heavy atom. The van der Waals surface area contributed by atoms with E-state index in [4.69, 9.17) is 4.74 Å². The van der Waals surface area contributed by atoms with Crippen molar-refractivity contribution in [2.75, 3.05) is 5.32 Å². The largest absolute Gasteiger partial charge is 0.374 e. The second-order valence-corrected chi connectivity index (χ2v) is 6.59. The quantitative estimate of drug-likeness (QED) is 0.748. The molecule has 4 nitrogen and oxygen atoms in total. The number of amides is 1. The summed E-state index contributed by atoms with van der Waals surface area (Å²) >= 11 is 0. The molecule has 0 saturated carbocycles. The summed E-state index contributed by atoms with van der Waals surface area (Å²) in [5.41, 5.74) is 4.39. The maximum Gasteiger partial charge on any atom is 0.221 e. The molecule has 0 saturated heterocycles. The van der Waals surface area contributed by atoms with Crippen LogP contribution in [0.2, 0.25) is 0 Å². The molecule has 4 heteroatoms. The lowest BCUT2D eigenvalue weighted by Gasteiger charge is -2.16. The van der Waals surface area contributed by atoms with E-state index in [1.807, 2.05) is 32.0 Å². The van der Waals surface area contributed by atoms with E-state index in [9.17, 15) is 4.79 Å². The van der Waals surface area contributed by atoms with E-state index in [2.05, 4.69) is 47.9 Å². The number of nitrogens with one attached hydrogen (secondary N) is 2. The van der Waals surface area contributed by atoms with E-state index < -0.39 is 0 Å². The van der Waals surface area contributed by atoms with Gasteiger partial charge in [-0.3, -0.25) is 4.79 Å². The van der Waals surface area contributed by atoms with Crippen LogP contribution in [0.1, 0.15) is 50.4 Å². The van der Waals surface area contributed by atoms with Crippen molar-refractivity contribution in [3.8, 4) is 0 Å². The van der Waals surface area contributed by atoms with Crippen molar-refractivity contribution in [2.24, 2.45) is 0 Å². The van der Waals surface area contributed by atoms with Gasteiger partial charge in [0.05, 0.1) is 12.7 Å². The summed E-state index contributed by atoms with van der Waals surface area (Å²) in [6.07, 6.45) is 0.234. The second-order valence-electron chi connectivity index (χ2n) is 6.59. The molecule has 25 heavy (non-hydrogen) atoms. The van der Waals surface area contributed by atoms with Crippen molar-refractivity contribution in [1.82, 2.24) is 5.32 Å². The highest BCUT2D eigenvalue weighted by Gasteiger charge is 2.07. The number of carbonyl (C=O) groups is 1. The van der Waals surface area contributed by atoms with E-state index >= 15 is 0 Å². The monoisotopic (exact) mass is 340 g/mol. The number of ether oxygens (including phenoxy) is 1. The Morgan fingerprint density at radius 2 is 1.76 bits per heavy atom. The van der Waals surface area contributed by atoms with Gasteiger partial charge in [-0.1, -0.05) is 36.4 Å². The molecule has 0 radical (unpaired) electrons. The van der Waals surface area contributed by atoms with Crippen LogP contribution in [0.4, 0.5) is 5.69 Å². The Hall–Kier alpha value is -2.17. The van der Waals surface area contributed by atoms with Crippen LogP contribution in [0.25, 0.3) is 0 Å². The summed E-state index contributed by atoms with van der Waals surface area (Å²) in [6.45, 7) is 9.15. The molecule has 0 aliphatic heterocycles. The molecule has 1 amide bonds. The van der Waals surface area contributed by atoms with Gasteiger partial charge in [-0.05, 0) is 49.6 Å². The summed E-state index contributed by atoms with van der Waals surface area (Å²) < 4.78 is 5.67. The number of anilines is 1. The van der Waals surface area contributed by atoms with Crippen molar-refractivity contribution < 1.29 is 9.53 Å². The standard InChI is InChI=1S/C21H28N2O2/c1-15(2)25-14-19-8-5-7-18(11-19)13-22-16(3)20-9-6-10-21(12-20)23-17(4)24/h5-12,15-16,22H,13-14H2,1-4H3,(H,23,24)/t16-/m0/s1. The topological polar surface area (TPSA) is 50.4 Å². The molecular formula is C21H28N2O2. The smallest absolute Gasteiger partial charge is 0.221 e. The van der Waals surface area contributed by atoms with Crippen LogP contribution in [0.3, 0.4) is 0 Å². The molecule has 0 bridgehead atoms. The highest BCUT2D eigenvalue weighted by Crippen LogP contribution is 2.18. The molecule has 2 aromatic rings. The van der Waals surface area contributed by atoms with Crippen LogP contribution in [0, 0.1) is 0 Å². The van der Waals surface area contributed by atoms with Gasteiger partial charge in [-0.15, -0.1) is 0 Å². The van der Waals surface area contributed by atoms with Crippen molar-refractivity contribution >= 4 is 11.6 Å². The second kappa shape index (κ2) is 9.35. The van der Waals surface area contributed by atoms with Crippen LogP contribution in [0.5, 0.6) is 0 Å². The minimum atomic E-state index is -0.0572. The Morgan fingerprint density at radius 3 is 2.48 bits per heavy atom. The molecule has 0 aliphatic rings. The van der Waals surface area contributed by atoms with Gasteiger partial charge in [-0.25, -0.2) is 0 Å². The van der Waals surface area contributed by atoms with Gasteiger partial charge in [0.2, 0.25) is 5.91 Å². The molecule has 0 aromatic heterocycles. The number of rotatable bonds is 8. The van der Waals surface area contributed by atoms with Crippen molar-refractivity contribution in [1.29, 1.82) is 0 Å². The van der Waals surface area contributed by atoms with Crippen molar-refractivity contribution in [3.05, 3.63) is 65.2 Å². The first-order valence-electron chi connectivity index (χ1n) is 8.74. The molecule has 2 aromatic carbocycles. The third-order valence-corrected chi connectivity index (χ3v) is 3.89. The van der Waals surface area contributed by atoms with E-state index in [-0.39, 0.29) is 18.1 Å². The Kier molecular flexibility index (Phi) is 7.16. The van der Waals surface area contributed by atoms with Gasteiger partial charge in [0.15, 0.2) is 0 Å². The van der Waals surface area contributed by atoms with E-state index in [1.165, 1.54) is 18.1 Å². The molecule has 0 spiro atoms. The first-order valence-corrected chi connectivity index (χ1v) is 8.74. The van der Waals surface area contributed by atoms with Gasteiger partial charge in [0, 0.05) is 25.2 Å². The van der Waals surface area contributed by atoms with Crippen LogP contribution < -0.4 is 10.6 Å². The fraction of sp³-hybridized carbons (Fsp3) is 0.381. The summed E-state index contributed by atoms with van der Waals surface area (Å²) in [5.74, 6) is -0.0572. The zero-order chi connectivity index (χ0) is 18.2. The van der Waals surface area contributed by atoms with Gasteiger partial charge in [-0.2, -0.15) is 0 Å². The molecule has 2 N–H and O–H groups in total. The van der Waals surface area contributed by atoms with Crippen LogP contribution in [-0.4, -0.2) is 12.0 Å². The molecular weight excluding hydrogens is 312 g/mol. The predicted molar refractivity (Wildman–Crippen MR) is 102 cm³/mol. The summed E-state index contributed by atoms with van der Waals surface area (Å²) in [5, 5.41) is 6.36. The fourth-order valence-corrected chi connectivity index (χ4v) is 2.57. The lowest BCUT2D eigenvalue weighted by molar-refractivity contribution is -0.114. The normalized spacial score (nSPS) is 12.2. The van der Waals surface area contributed by atoms with E-state index in [0.29, 0.717) is 6.61 Å². The number of carbonyl (C=O) groups excluding carboxylic acids is 1. The molecule has 0 unspecified atom stereocenters. The zero-order valence-electron chi connectivity index (χ0n) is 15.5. The maximum absolute atomic E-state index is 11.2. The predicted octanol–water partition coefficient (Wildman–Crippen LogP) is 4.42. The molecule has 0 heterocycles. The minimum absolute atomic E-state index is 0.0572. The SMILES string of the molecule is CC(=O)Nc1cccc([C@H](C)NCc2cccc(COC(C)C)c2)c1. The summed E-state index contributed by atoms with van der Waals surface area (Å²) in [6, 6.07) is 16.6. The van der Waals surface area contributed by atoms with Gasteiger partial charge in [0.1, 0.15) is 0 Å². The fourth-order valence-electron chi connectivity index (χ4n) is 2.57. The third-order valence-electron chi connectivity index (χ3n) is 3.89. The van der Waals surface area contributed by atoms with Crippen LogP contribution >= 0.6 is 0 Å². The third kappa shape index (κ3) is 6.69. The first-order chi connectivity index (χ1) is 11.9. The maximum atomic E-state index is 11.2. The van der Waals surface area contributed by atoms with Gasteiger partial charge >= 0.3 is 0 Å². The van der Waals surface area contributed by atoms with E-state index in [0.717, 1.165) is 17.8 Å². The van der Waals surface area contributed by atoms with E-state index in [1.54, 1.807) is 0 Å². The molecule has 1 atom stereocenters. The highest BCUT2D eigenvalue weighted by molar-refractivity contribution is 5.88. The molecule has 0 fully saturated rings. The minimum Gasteiger partial charge on any atom is -0.374 e. The highest BCUT2D eigenvalue weighted by atomic mass is 16.5. The van der Waals surface area contributed by atoms with Gasteiger partial charge < -0.3 is 15.4 Å². The zero-order valence-corrected chi connectivity index (χ0v) is 15.5. The Labute approximate surface area is 150 Å².